The Morgan fingerprint density at radius 3 is 2.16 bits per heavy atom. The minimum absolute atomic E-state index is 0.142. The maximum Gasteiger partial charge on any atom is 0.261 e. The van der Waals surface area contributed by atoms with Crippen molar-refractivity contribution in [2.75, 3.05) is 14.2 Å². The van der Waals surface area contributed by atoms with Crippen LogP contribution in [0.3, 0.4) is 0 Å². The molecule has 2 aromatic carbocycles. The quantitative estimate of drug-likeness (QED) is 0.808. The van der Waals surface area contributed by atoms with Crippen molar-refractivity contribution in [1.29, 1.82) is 0 Å². The first kappa shape index (κ1) is 18.3. The van der Waals surface area contributed by atoms with Crippen LogP contribution in [0.2, 0.25) is 0 Å². The molecule has 6 nitrogen and oxygen atoms in total. The van der Waals surface area contributed by atoms with Crippen LogP contribution in [-0.4, -0.2) is 32.1 Å². The fraction of sp³-hybridized carbons (Fsp3) is 0.263. The molecule has 0 spiro atoms. The molecular weight excluding hydrogens is 320 g/mol. The van der Waals surface area contributed by atoms with Gasteiger partial charge in [-0.3, -0.25) is 9.59 Å². The molecule has 0 aliphatic heterocycles. The maximum atomic E-state index is 12.1. The van der Waals surface area contributed by atoms with Crippen molar-refractivity contribution in [1.82, 2.24) is 10.6 Å². The molecule has 2 rings (SSSR count). The van der Waals surface area contributed by atoms with Crippen molar-refractivity contribution in [3.8, 4) is 11.5 Å². The third kappa shape index (κ3) is 5.24. The molecule has 2 N–H and O–H groups in total. The van der Waals surface area contributed by atoms with Crippen molar-refractivity contribution >= 4 is 11.8 Å². The summed E-state index contributed by atoms with van der Waals surface area (Å²) < 4.78 is 10.7. The van der Waals surface area contributed by atoms with Crippen molar-refractivity contribution in [2.45, 2.75) is 19.6 Å². The van der Waals surface area contributed by atoms with E-state index < -0.39 is 6.10 Å². The summed E-state index contributed by atoms with van der Waals surface area (Å²) in [4.78, 5) is 23.6. The Morgan fingerprint density at radius 1 is 1.00 bits per heavy atom. The number of benzene rings is 2. The molecule has 0 heterocycles. The van der Waals surface area contributed by atoms with Crippen molar-refractivity contribution in [3.63, 3.8) is 0 Å². The molecule has 1 atom stereocenters. The molecule has 0 fully saturated rings. The molecule has 0 aliphatic rings. The predicted molar refractivity (Wildman–Crippen MR) is 94.8 cm³/mol. The van der Waals surface area contributed by atoms with Crippen LogP contribution in [0, 0.1) is 0 Å². The van der Waals surface area contributed by atoms with E-state index >= 15 is 0 Å². The first-order valence-corrected chi connectivity index (χ1v) is 7.93. The van der Waals surface area contributed by atoms with Gasteiger partial charge in [0.15, 0.2) is 6.10 Å². The topological polar surface area (TPSA) is 76.7 Å². The van der Waals surface area contributed by atoms with Crippen LogP contribution < -0.4 is 20.1 Å². The van der Waals surface area contributed by atoms with E-state index in [-0.39, 0.29) is 11.8 Å². The number of rotatable bonds is 7. The van der Waals surface area contributed by atoms with Gasteiger partial charge in [-0.05, 0) is 48.9 Å². The fourth-order valence-electron chi connectivity index (χ4n) is 2.16. The van der Waals surface area contributed by atoms with E-state index in [1.165, 1.54) is 0 Å². The van der Waals surface area contributed by atoms with Crippen LogP contribution in [0.4, 0.5) is 0 Å². The molecule has 132 valence electrons. The number of nitrogens with one attached hydrogen (secondary N) is 2. The highest BCUT2D eigenvalue weighted by atomic mass is 16.5. The van der Waals surface area contributed by atoms with Gasteiger partial charge in [0.05, 0.1) is 7.11 Å². The van der Waals surface area contributed by atoms with E-state index in [2.05, 4.69) is 10.6 Å². The number of hydrogen-bond donors (Lipinski definition) is 2. The zero-order valence-electron chi connectivity index (χ0n) is 14.5. The molecule has 25 heavy (non-hydrogen) atoms. The fourth-order valence-corrected chi connectivity index (χ4v) is 2.16. The Balaban J connectivity index is 1.85. The first-order chi connectivity index (χ1) is 12.0. The van der Waals surface area contributed by atoms with E-state index in [4.69, 9.17) is 9.47 Å². The van der Waals surface area contributed by atoms with Gasteiger partial charge in [0.25, 0.3) is 11.8 Å². The largest absolute Gasteiger partial charge is 0.497 e. The second kappa shape index (κ2) is 8.73. The Morgan fingerprint density at radius 2 is 1.60 bits per heavy atom. The average molecular weight is 342 g/mol. The Kier molecular flexibility index (Phi) is 6.39. The zero-order valence-corrected chi connectivity index (χ0v) is 14.5. The summed E-state index contributed by atoms with van der Waals surface area (Å²) in [5.74, 6) is 0.964. The highest BCUT2D eigenvalue weighted by Crippen LogP contribution is 2.18. The lowest BCUT2D eigenvalue weighted by Crippen LogP contribution is -2.35. The second-order valence-electron chi connectivity index (χ2n) is 5.43. The number of ether oxygens (including phenoxy) is 2. The van der Waals surface area contributed by atoms with Gasteiger partial charge in [0, 0.05) is 19.2 Å². The molecule has 0 aliphatic carbocycles. The van der Waals surface area contributed by atoms with Crippen molar-refractivity contribution < 1.29 is 19.1 Å². The Hall–Kier alpha value is -3.02. The van der Waals surface area contributed by atoms with Crippen LogP contribution in [0.15, 0.2) is 48.5 Å². The molecule has 0 radical (unpaired) electrons. The smallest absolute Gasteiger partial charge is 0.261 e. The van der Waals surface area contributed by atoms with Crippen LogP contribution in [0.1, 0.15) is 22.8 Å². The van der Waals surface area contributed by atoms with Crippen LogP contribution in [0.5, 0.6) is 11.5 Å². The van der Waals surface area contributed by atoms with Crippen LogP contribution in [-0.2, 0) is 11.3 Å². The summed E-state index contributed by atoms with van der Waals surface area (Å²) in [5.41, 5.74) is 1.48. The van der Waals surface area contributed by atoms with Gasteiger partial charge in [-0.25, -0.2) is 0 Å². The molecule has 2 amide bonds. The molecule has 1 unspecified atom stereocenters. The molecule has 0 saturated carbocycles. The SMILES string of the molecule is CNC(=O)c1ccc(CNC(=O)C(C)Oc2ccc(OC)cc2)cc1. The first-order valence-electron chi connectivity index (χ1n) is 7.93. The summed E-state index contributed by atoms with van der Waals surface area (Å²) in [6.07, 6.45) is -0.626. The molecular formula is C19H22N2O4. The van der Waals surface area contributed by atoms with Crippen molar-refractivity contribution in [2.24, 2.45) is 0 Å². The minimum atomic E-state index is -0.626. The summed E-state index contributed by atoms with van der Waals surface area (Å²) in [6, 6.07) is 14.1. The van der Waals surface area contributed by atoms with Crippen molar-refractivity contribution in [3.05, 3.63) is 59.7 Å². The predicted octanol–water partition coefficient (Wildman–Crippen LogP) is 2.14. The van der Waals surface area contributed by atoms with Gasteiger partial charge >= 0.3 is 0 Å². The van der Waals surface area contributed by atoms with Gasteiger partial charge in [-0.15, -0.1) is 0 Å². The number of carbonyl (C=O) groups is 2. The highest BCUT2D eigenvalue weighted by Gasteiger charge is 2.14. The number of amides is 2. The summed E-state index contributed by atoms with van der Waals surface area (Å²) in [6.45, 7) is 2.05. The number of hydrogen-bond acceptors (Lipinski definition) is 4. The Labute approximate surface area is 147 Å². The average Bonchev–Trinajstić information content (AvgIpc) is 2.66. The Bertz CT molecular complexity index is 711. The van der Waals surface area contributed by atoms with Gasteiger partial charge in [0.2, 0.25) is 0 Å². The van der Waals surface area contributed by atoms with Gasteiger partial charge in [-0.1, -0.05) is 12.1 Å². The van der Waals surface area contributed by atoms with Gasteiger partial charge < -0.3 is 20.1 Å². The van der Waals surface area contributed by atoms with E-state index in [1.54, 1.807) is 69.6 Å². The third-order valence-electron chi connectivity index (χ3n) is 3.65. The third-order valence-corrected chi connectivity index (χ3v) is 3.65. The maximum absolute atomic E-state index is 12.1. The monoisotopic (exact) mass is 342 g/mol. The number of methoxy groups -OCH3 is 1. The minimum Gasteiger partial charge on any atom is -0.497 e. The van der Waals surface area contributed by atoms with E-state index in [0.29, 0.717) is 17.9 Å². The van der Waals surface area contributed by atoms with Crippen LogP contribution >= 0.6 is 0 Å². The summed E-state index contributed by atoms with van der Waals surface area (Å²) >= 11 is 0. The standard InChI is InChI=1S/C19H22N2O4/c1-13(25-17-10-8-16(24-3)9-11-17)18(22)21-12-14-4-6-15(7-5-14)19(23)20-2/h4-11,13H,12H2,1-3H3,(H,20,23)(H,21,22). The number of carbonyl (C=O) groups excluding carboxylic acids is 2. The molecule has 0 aromatic heterocycles. The summed E-state index contributed by atoms with van der Waals surface area (Å²) in [5, 5.41) is 5.38. The normalized spacial score (nSPS) is 11.3. The lowest BCUT2D eigenvalue weighted by atomic mass is 10.1. The van der Waals surface area contributed by atoms with E-state index in [1.807, 2.05) is 0 Å². The second-order valence-corrected chi connectivity index (χ2v) is 5.43. The summed E-state index contributed by atoms with van der Waals surface area (Å²) in [7, 11) is 3.17. The molecule has 2 aromatic rings. The lowest BCUT2D eigenvalue weighted by molar-refractivity contribution is -0.127. The van der Waals surface area contributed by atoms with Crippen LogP contribution in [0.25, 0.3) is 0 Å². The lowest BCUT2D eigenvalue weighted by Gasteiger charge is -2.15. The molecule has 6 heteroatoms. The van der Waals surface area contributed by atoms with Gasteiger partial charge in [0.1, 0.15) is 11.5 Å². The molecule has 0 saturated heterocycles. The zero-order chi connectivity index (χ0) is 18.2. The van der Waals surface area contributed by atoms with Gasteiger partial charge in [-0.2, -0.15) is 0 Å². The molecule has 0 bridgehead atoms. The van der Waals surface area contributed by atoms with E-state index in [9.17, 15) is 9.59 Å². The highest BCUT2D eigenvalue weighted by molar-refractivity contribution is 5.93. The van der Waals surface area contributed by atoms with E-state index in [0.717, 1.165) is 11.3 Å².